The lowest BCUT2D eigenvalue weighted by atomic mass is 9.92. The van der Waals surface area contributed by atoms with Gasteiger partial charge in [0, 0.05) is 19.8 Å². The number of hydrogen-bond donors (Lipinski definition) is 1. The molecule has 0 bridgehead atoms. The van der Waals surface area contributed by atoms with Crippen molar-refractivity contribution in [2.75, 3.05) is 11.9 Å². The Hall–Kier alpha value is -3.69. The second kappa shape index (κ2) is 9.43. The Morgan fingerprint density at radius 1 is 1.03 bits per heavy atom. The minimum atomic E-state index is -0.707. The van der Waals surface area contributed by atoms with Gasteiger partial charge in [-0.1, -0.05) is 45.9 Å². The highest BCUT2D eigenvalue weighted by Gasteiger charge is 2.19. The van der Waals surface area contributed by atoms with Gasteiger partial charge in [0.2, 0.25) is 0 Å². The average molecular weight is 456 g/mol. The van der Waals surface area contributed by atoms with Crippen LogP contribution in [-0.2, 0) is 35.0 Å². The van der Waals surface area contributed by atoms with E-state index in [2.05, 4.69) is 10.3 Å². The highest BCUT2D eigenvalue weighted by Crippen LogP contribution is 2.32. The number of aromatic nitrogens is 4. The van der Waals surface area contributed by atoms with Gasteiger partial charge in [0.05, 0.1) is 6.33 Å². The van der Waals surface area contributed by atoms with Crippen molar-refractivity contribution in [1.29, 1.82) is 0 Å². The second-order valence-corrected chi connectivity index (χ2v) is 8.58. The first-order valence-electron chi connectivity index (χ1n) is 10.7. The molecule has 0 spiro atoms. The Morgan fingerprint density at radius 2 is 1.64 bits per heavy atom. The maximum Gasteiger partial charge on any atom is 0.332 e. The summed E-state index contributed by atoms with van der Waals surface area (Å²) in [6.45, 7) is 7.40. The summed E-state index contributed by atoms with van der Waals surface area (Å²) in [6.07, 6.45) is 1.29. The summed E-state index contributed by atoms with van der Waals surface area (Å²) in [5, 5.41) is 2.89. The molecule has 0 aliphatic heterocycles. The maximum absolute atomic E-state index is 12.6. The van der Waals surface area contributed by atoms with Crippen LogP contribution >= 0.6 is 0 Å². The number of nitrogens with zero attached hydrogens (tertiary/aromatic N) is 4. The van der Waals surface area contributed by atoms with Crippen molar-refractivity contribution in [3.05, 3.63) is 56.5 Å². The van der Waals surface area contributed by atoms with E-state index in [4.69, 9.17) is 4.74 Å². The zero-order valence-electron chi connectivity index (χ0n) is 19.7. The molecule has 1 amide bonds. The van der Waals surface area contributed by atoms with Crippen molar-refractivity contribution in [3.8, 4) is 0 Å². The fourth-order valence-corrected chi connectivity index (χ4v) is 3.72. The third-order valence-electron chi connectivity index (χ3n) is 5.52. The van der Waals surface area contributed by atoms with Crippen molar-refractivity contribution in [1.82, 2.24) is 18.7 Å². The minimum absolute atomic E-state index is 0.105. The Morgan fingerprint density at radius 3 is 2.21 bits per heavy atom. The lowest BCUT2D eigenvalue weighted by molar-refractivity contribution is -0.147. The van der Waals surface area contributed by atoms with E-state index in [1.54, 1.807) is 0 Å². The first kappa shape index (κ1) is 24.0. The number of ether oxygens (including phenoxy) is 1. The van der Waals surface area contributed by atoms with E-state index in [-0.39, 0.29) is 29.5 Å². The van der Waals surface area contributed by atoms with Gasteiger partial charge in [-0.3, -0.25) is 23.5 Å². The molecule has 3 aromatic rings. The summed E-state index contributed by atoms with van der Waals surface area (Å²) in [5.41, 5.74) is 1.95. The van der Waals surface area contributed by atoms with E-state index in [0.717, 1.165) is 21.4 Å². The Kier molecular flexibility index (Phi) is 6.85. The number of hydrogen-bond acceptors (Lipinski definition) is 6. The van der Waals surface area contributed by atoms with E-state index in [9.17, 15) is 19.2 Å². The fourth-order valence-electron chi connectivity index (χ4n) is 3.72. The largest absolute Gasteiger partial charge is 0.454 e. The van der Waals surface area contributed by atoms with Crippen LogP contribution in [0.4, 0.5) is 5.69 Å². The van der Waals surface area contributed by atoms with Crippen LogP contribution in [-0.4, -0.2) is 37.2 Å². The predicted octanol–water partition coefficient (Wildman–Crippen LogP) is 1.86. The molecule has 10 nitrogen and oxygen atoms in total. The molecule has 0 saturated heterocycles. The number of nitrogens with one attached hydrogen (secondary N) is 1. The van der Waals surface area contributed by atoms with Crippen molar-refractivity contribution >= 4 is 28.7 Å². The standard InChI is InChI=1S/C23H29N5O5/c1-13(2)15-8-7-9-16(14(3)4)19(15)25-17(29)11-33-18(30)10-28-12-24-21-20(28)22(31)27(6)23(32)26(21)5/h7-9,12-14H,10-11H2,1-6H3,(H,25,29). The van der Waals surface area contributed by atoms with E-state index in [1.807, 2.05) is 45.9 Å². The van der Waals surface area contributed by atoms with E-state index < -0.39 is 29.7 Å². The van der Waals surface area contributed by atoms with Gasteiger partial charge >= 0.3 is 11.7 Å². The number of esters is 1. The summed E-state index contributed by atoms with van der Waals surface area (Å²) < 4.78 is 8.62. The number of benzene rings is 1. The molecular formula is C23H29N5O5. The van der Waals surface area contributed by atoms with Gasteiger partial charge in [0.25, 0.3) is 11.5 Å². The van der Waals surface area contributed by atoms with Gasteiger partial charge in [-0.15, -0.1) is 0 Å². The maximum atomic E-state index is 12.6. The molecule has 3 rings (SSSR count). The molecule has 1 aromatic carbocycles. The molecule has 0 saturated carbocycles. The lowest BCUT2D eigenvalue weighted by Gasteiger charge is -2.20. The molecule has 0 fully saturated rings. The Balaban J connectivity index is 1.73. The van der Waals surface area contributed by atoms with E-state index >= 15 is 0 Å². The second-order valence-electron chi connectivity index (χ2n) is 8.58. The molecule has 33 heavy (non-hydrogen) atoms. The zero-order chi connectivity index (χ0) is 24.4. The molecule has 176 valence electrons. The number of para-hydroxylation sites is 1. The number of imidazole rings is 1. The van der Waals surface area contributed by atoms with Gasteiger partial charge in [0.15, 0.2) is 17.8 Å². The number of fused-ring (bicyclic) bond motifs is 1. The number of anilines is 1. The first-order chi connectivity index (χ1) is 15.5. The molecule has 0 aliphatic rings. The third kappa shape index (κ3) is 4.74. The fraction of sp³-hybridized carbons (Fsp3) is 0.435. The van der Waals surface area contributed by atoms with Gasteiger partial charge < -0.3 is 14.6 Å². The molecule has 2 aromatic heterocycles. The summed E-state index contributed by atoms with van der Waals surface area (Å²) >= 11 is 0. The van der Waals surface area contributed by atoms with Gasteiger partial charge in [0.1, 0.15) is 6.54 Å². The highest BCUT2D eigenvalue weighted by atomic mass is 16.5. The van der Waals surface area contributed by atoms with Crippen LogP contribution in [0.5, 0.6) is 0 Å². The van der Waals surface area contributed by atoms with Crippen molar-refractivity contribution < 1.29 is 14.3 Å². The smallest absolute Gasteiger partial charge is 0.332 e. The van der Waals surface area contributed by atoms with Crippen molar-refractivity contribution in [2.45, 2.75) is 46.1 Å². The van der Waals surface area contributed by atoms with Crippen LogP contribution in [0.25, 0.3) is 11.2 Å². The normalized spacial score (nSPS) is 11.4. The van der Waals surface area contributed by atoms with E-state index in [0.29, 0.717) is 0 Å². The lowest BCUT2D eigenvalue weighted by Crippen LogP contribution is -2.37. The Bertz CT molecular complexity index is 1300. The number of rotatable bonds is 7. The molecule has 2 heterocycles. The van der Waals surface area contributed by atoms with Crippen molar-refractivity contribution in [3.63, 3.8) is 0 Å². The summed E-state index contributed by atoms with van der Waals surface area (Å²) in [6, 6.07) is 5.90. The van der Waals surface area contributed by atoms with E-state index in [1.165, 1.54) is 29.6 Å². The summed E-state index contributed by atoms with van der Waals surface area (Å²) in [7, 11) is 2.84. The predicted molar refractivity (Wildman–Crippen MR) is 124 cm³/mol. The van der Waals surface area contributed by atoms with Crippen molar-refractivity contribution in [2.24, 2.45) is 14.1 Å². The van der Waals surface area contributed by atoms with Crippen LogP contribution in [0.2, 0.25) is 0 Å². The van der Waals surface area contributed by atoms with Crippen LogP contribution in [0.1, 0.15) is 50.7 Å². The molecular weight excluding hydrogens is 426 g/mol. The summed E-state index contributed by atoms with van der Waals surface area (Å²) in [5.74, 6) is -0.752. The minimum Gasteiger partial charge on any atom is -0.454 e. The topological polar surface area (TPSA) is 117 Å². The number of aryl methyl sites for hydroxylation is 1. The van der Waals surface area contributed by atoms with Crippen LogP contribution in [0.15, 0.2) is 34.1 Å². The Labute approximate surface area is 190 Å². The SMILES string of the molecule is CC(C)c1cccc(C(C)C)c1NC(=O)COC(=O)Cn1cnc2c1c(=O)n(C)c(=O)n2C. The zero-order valence-corrected chi connectivity index (χ0v) is 19.7. The van der Waals surface area contributed by atoms with Gasteiger partial charge in [-0.2, -0.15) is 0 Å². The van der Waals surface area contributed by atoms with Gasteiger partial charge in [-0.25, -0.2) is 9.78 Å². The van der Waals surface area contributed by atoms with Crippen LogP contribution in [0.3, 0.4) is 0 Å². The molecule has 10 heteroatoms. The number of carbonyl (C=O) groups is 2. The molecule has 0 unspecified atom stereocenters. The molecule has 1 N–H and O–H groups in total. The number of carbonyl (C=O) groups excluding carboxylic acids is 2. The molecule has 0 aliphatic carbocycles. The monoisotopic (exact) mass is 455 g/mol. The molecule has 0 atom stereocenters. The highest BCUT2D eigenvalue weighted by molar-refractivity contribution is 5.94. The molecule has 0 radical (unpaired) electrons. The third-order valence-corrected chi connectivity index (χ3v) is 5.52. The average Bonchev–Trinajstić information content (AvgIpc) is 3.18. The quantitative estimate of drug-likeness (QED) is 0.544. The first-order valence-corrected chi connectivity index (χ1v) is 10.7. The number of amides is 1. The van der Waals surface area contributed by atoms with Crippen LogP contribution in [0, 0.1) is 0 Å². The van der Waals surface area contributed by atoms with Crippen LogP contribution < -0.4 is 16.6 Å². The van der Waals surface area contributed by atoms with Gasteiger partial charge in [-0.05, 0) is 23.0 Å². The summed E-state index contributed by atoms with van der Waals surface area (Å²) in [4.78, 5) is 53.5.